The van der Waals surface area contributed by atoms with Gasteiger partial charge in [-0.1, -0.05) is 0 Å². The van der Waals surface area contributed by atoms with Gasteiger partial charge in [0.05, 0.1) is 24.6 Å². The number of nitriles is 1. The lowest BCUT2D eigenvalue weighted by Gasteiger charge is -2.23. The van der Waals surface area contributed by atoms with Gasteiger partial charge in [-0.2, -0.15) is 5.26 Å². The number of methoxy groups -OCH3 is 1. The van der Waals surface area contributed by atoms with Gasteiger partial charge >= 0.3 is 0 Å². The number of rotatable bonds is 5. The summed E-state index contributed by atoms with van der Waals surface area (Å²) in [6.07, 6.45) is 0.214. The molecular weight excluding hydrogens is 222 g/mol. The molecule has 1 saturated heterocycles. The summed E-state index contributed by atoms with van der Waals surface area (Å²) < 4.78 is 4.99. The Balaban J connectivity index is 2.51. The van der Waals surface area contributed by atoms with Gasteiger partial charge < -0.3 is 15.0 Å². The van der Waals surface area contributed by atoms with Crippen molar-refractivity contribution in [1.29, 1.82) is 5.26 Å². The Kier molecular flexibility index (Phi) is 4.91. The number of amides is 2. The van der Waals surface area contributed by atoms with Gasteiger partial charge in [-0.3, -0.25) is 9.59 Å². The van der Waals surface area contributed by atoms with E-state index in [-0.39, 0.29) is 36.7 Å². The first kappa shape index (κ1) is 13.5. The van der Waals surface area contributed by atoms with Gasteiger partial charge in [0.1, 0.15) is 6.54 Å². The van der Waals surface area contributed by atoms with Crippen molar-refractivity contribution in [2.45, 2.75) is 19.4 Å². The van der Waals surface area contributed by atoms with Gasteiger partial charge in [0.15, 0.2) is 0 Å². The highest BCUT2D eigenvalue weighted by atomic mass is 16.5. The van der Waals surface area contributed by atoms with E-state index >= 15 is 0 Å². The second-order valence-electron chi connectivity index (χ2n) is 4.13. The predicted molar refractivity (Wildman–Crippen MR) is 59.8 cm³/mol. The van der Waals surface area contributed by atoms with Gasteiger partial charge in [0, 0.05) is 20.1 Å². The molecule has 1 aliphatic heterocycles. The molecule has 6 heteroatoms. The molecule has 2 amide bonds. The first-order valence-electron chi connectivity index (χ1n) is 5.53. The third kappa shape index (κ3) is 3.43. The van der Waals surface area contributed by atoms with E-state index in [2.05, 4.69) is 5.32 Å². The number of hydrogen-bond donors (Lipinski definition) is 1. The maximum Gasteiger partial charge on any atom is 0.226 e. The lowest BCUT2D eigenvalue weighted by atomic mass is 10.1. The molecule has 0 aliphatic carbocycles. The van der Waals surface area contributed by atoms with Crippen LogP contribution in [0.4, 0.5) is 0 Å². The van der Waals surface area contributed by atoms with Crippen LogP contribution in [0.15, 0.2) is 0 Å². The van der Waals surface area contributed by atoms with Crippen LogP contribution in [0.2, 0.25) is 0 Å². The molecule has 0 aromatic rings. The van der Waals surface area contributed by atoms with E-state index in [1.165, 1.54) is 0 Å². The summed E-state index contributed by atoms with van der Waals surface area (Å²) in [7, 11) is 1.58. The molecule has 0 bridgehead atoms. The van der Waals surface area contributed by atoms with E-state index in [0.717, 1.165) is 0 Å². The first-order valence-corrected chi connectivity index (χ1v) is 5.53. The average molecular weight is 239 g/mol. The average Bonchev–Trinajstić information content (AvgIpc) is 2.68. The largest absolute Gasteiger partial charge is 0.383 e. The molecule has 6 nitrogen and oxygen atoms in total. The quantitative estimate of drug-likeness (QED) is 0.656. The van der Waals surface area contributed by atoms with E-state index in [9.17, 15) is 9.59 Å². The third-order valence-corrected chi connectivity index (χ3v) is 2.81. The van der Waals surface area contributed by atoms with Crippen LogP contribution in [0.5, 0.6) is 0 Å². The van der Waals surface area contributed by atoms with Crippen molar-refractivity contribution in [2.75, 3.05) is 26.8 Å². The predicted octanol–water partition coefficient (Wildman–Crippen LogP) is -0.490. The Hall–Kier alpha value is -1.61. The maximum atomic E-state index is 11.7. The van der Waals surface area contributed by atoms with Crippen LogP contribution in [-0.4, -0.2) is 49.6 Å². The number of hydrogen-bond acceptors (Lipinski definition) is 4. The summed E-state index contributed by atoms with van der Waals surface area (Å²) >= 11 is 0. The molecule has 2 atom stereocenters. The second kappa shape index (κ2) is 6.21. The highest BCUT2D eigenvalue weighted by Crippen LogP contribution is 2.20. The van der Waals surface area contributed by atoms with E-state index in [0.29, 0.717) is 13.2 Å². The highest BCUT2D eigenvalue weighted by Gasteiger charge is 2.36. The maximum absolute atomic E-state index is 11.7. The minimum Gasteiger partial charge on any atom is -0.383 e. The topological polar surface area (TPSA) is 82.4 Å². The van der Waals surface area contributed by atoms with Crippen LogP contribution in [0.25, 0.3) is 0 Å². The van der Waals surface area contributed by atoms with Crippen molar-refractivity contribution in [2.24, 2.45) is 5.92 Å². The molecule has 0 spiro atoms. The number of ether oxygens (including phenoxy) is 1. The van der Waals surface area contributed by atoms with Crippen molar-refractivity contribution in [3.63, 3.8) is 0 Å². The van der Waals surface area contributed by atoms with Crippen molar-refractivity contribution in [1.82, 2.24) is 10.2 Å². The van der Waals surface area contributed by atoms with Crippen LogP contribution in [0.1, 0.15) is 13.3 Å². The van der Waals surface area contributed by atoms with Gasteiger partial charge in [0.2, 0.25) is 11.8 Å². The molecule has 0 aromatic heterocycles. The molecule has 94 valence electrons. The molecule has 0 saturated carbocycles. The first-order chi connectivity index (χ1) is 8.10. The van der Waals surface area contributed by atoms with Crippen molar-refractivity contribution < 1.29 is 14.3 Å². The minimum absolute atomic E-state index is 0.0167. The molecule has 0 aromatic carbocycles. The molecule has 1 N–H and O–H groups in total. The molecule has 1 heterocycles. The summed E-state index contributed by atoms with van der Waals surface area (Å²) in [6, 6.07) is 1.81. The minimum atomic E-state index is -0.352. The monoisotopic (exact) mass is 239 g/mol. The molecule has 0 radical (unpaired) electrons. The standard InChI is InChI=1S/C11H17N3O3/c1-8(7-17-2)14-6-9(5-10(14)15)11(16)13-4-3-12/h8-9H,4-7H2,1-2H3,(H,13,16)/t8-,9+/m1/s1. The smallest absolute Gasteiger partial charge is 0.226 e. The Bertz CT molecular complexity index is 337. The Morgan fingerprint density at radius 1 is 1.76 bits per heavy atom. The van der Waals surface area contributed by atoms with E-state index in [1.54, 1.807) is 12.0 Å². The van der Waals surface area contributed by atoms with Crippen LogP contribution < -0.4 is 5.32 Å². The lowest BCUT2D eigenvalue weighted by Crippen LogP contribution is -2.39. The van der Waals surface area contributed by atoms with Gasteiger partial charge in [-0.25, -0.2) is 0 Å². The summed E-state index contributed by atoms with van der Waals surface area (Å²) in [5, 5.41) is 10.8. The molecule has 17 heavy (non-hydrogen) atoms. The van der Waals surface area contributed by atoms with E-state index < -0.39 is 0 Å². The summed E-state index contributed by atoms with van der Waals surface area (Å²) in [6.45, 7) is 2.73. The fourth-order valence-corrected chi connectivity index (χ4v) is 1.94. The Morgan fingerprint density at radius 2 is 2.47 bits per heavy atom. The summed E-state index contributed by atoms with van der Waals surface area (Å²) in [5.41, 5.74) is 0. The molecule has 1 aliphatic rings. The molecule has 1 fully saturated rings. The summed E-state index contributed by atoms with van der Waals surface area (Å²) in [5.74, 6) is -0.617. The molecule has 0 unspecified atom stereocenters. The Morgan fingerprint density at radius 3 is 3.06 bits per heavy atom. The van der Waals surface area contributed by atoms with Gasteiger partial charge in [-0.05, 0) is 6.92 Å². The number of nitrogens with zero attached hydrogens (tertiary/aromatic N) is 2. The van der Waals surface area contributed by atoms with Crippen molar-refractivity contribution >= 4 is 11.8 Å². The number of likely N-dealkylation sites (tertiary alicyclic amines) is 1. The SMILES string of the molecule is COC[C@@H](C)N1C[C@@H](C(=O)NCC#N)CC1=O. The van der Waals surface area contributed by atoms with Crippen LogP contribution in [0.3, 0.4) is 0 Å². The fraction of sp³-hybridized carbons (Fsp3) is 0.727. The van der Waals surface area contributed by atoms with E-state index in [4.69, 9.17) is 10.00 Å². The van der Waals surface area contributed by atoms with Gasteiger partial charge in [-0.15, -0.1) is 0 Å². The van der Waals surface area contributed by atoms with Crippen molar-refractivity contribution in [3.05, 3.63) is 0 Å². The lowest BCUT2D eigenvalue weighted by molar-refractivity contribution is -0.130. The number of carbonyl (C=O) groups is 2. The van der Waals surface area contributed by atoms with Crippen molar-refractivity contribution in [3.8, 4) is 6.07 Å². The van der Waals surface area contributed by atoms with E-state index in [1.807, 2.05) is 13.0 Å². The summed E-state index contributed by atoms with van der Waals surface area (Å²) in [4.78, 5) is 25.0. The zero-order chi connectivity index (χ0) is 12.8. The molecule has 1 rings (SSSR count). The Labute approximate surface area is 101 Å². The highest BCUT2D eigenvalue weighted by molar-refractivity contribution is 5.89. The zero-order valence-corrected chi connectivity index (χ0v) is 10.1. The van der Waals surface area contributed by atoms with Crippen LogP contribution >= 0.6 is 0 Å². The molecular formula is C11H17N3O3. The number of carbonyl (C=O) groups excluding carboxylic acids is 2. The third-order valence-electron chi connectivity index (χ3n) is 2.81. The van der Waals surface area contributed by atoms with Crippen LogP contribution in [-0.2, 0) is 14.3 Å². The second-order valence-corrected chi connectivity index (χ2v) is 4.13. The van der Waals surface area contributed by atoms with Gasteiger partial charge in [0.25, 0.3) is 0 Å². The normalized spacial score (nSPS) is 21.1. The van der Waals surface area contributed by atoms with Crippen LogP contribution in [0, 0.1) is 17.2 Å². The zero-order valence-electron chi connectivity index (χ0n) is 10.1. The number of nitrogens with one attached hydrogen (secondary N) is 1. The fourth-order valence-electron chi connectivity index (χ4n) is 1.94.